The highest BCUT2D eigenvalue weighted by molar-refractivity contribution is 6.07. The number of hydrogen-bond acceptors (Lipinski definition) is 3. The summed E-state index contributed by atoms with van der Waals surface area (Å²) in [6.07, 6.45) is 1.99. The summed E-state index contributed by atoms with van der Waals surface area (Å²) in [5, 5.41) is 9.82. The molecule has 3 aromatic rings. The average Bonchev–Trinajstić information content (AvgIpc) is 2.59. The fraction of sp³-hybridized carbons (Fsp3) is 0.158. The van der Waals surface area contributed by atoms with E-state index in [0.29, 0.717) is 0 Å². The normalized spacial score (nSPS) is 15.2. The first kappa shape index (κ1) is 12.6. The van der Waals surface area contributed by atoms with Crippen molar-refractivity contribution in [2.75, 3.05) is 5.32 Å². The van der Waals surface area contributed by atoms with E-state index in [9.17, 15) is 4.79 Å². The van der Waals surface area contributed by atoms with Crippen molar-refractivity contribution in [2.45, 2.75) is 12.8 Å². The van der Waals surface area contributed by atoms with Crippen LogP contribution in [-0.2, 0) is 13.5 Å². The summed E-state index contributed by atoms with van der Waals surface area (Å²) in [5.41, 5.74) is 6.76. The minimum absolute atomic E-state index is 0.0551. The van der Waals surface area contributed by atoms with Crippen LogP contribution in [-0.4, -0.2) is 9.78 Å². The second kappa shape index (κ2) is 4.32. The lowest BCUT2D eigenvalue weighted by molar-refractivity contribution is 0.711. The SMILES string of the molecule is Cn1nc2c3c(cccc3c1=O)NC1=C2c2ccccc2CC1. The largest absolute Gasteiger partial charge is 0.358 e. The molecule has 0 fully saturated rings. The molecule has 1 N–H and O–H groups in total. The first-order chi connectivity index (χ1) is 11.2. The van der Waals surface area contributed by atoms with Gasteiger partial charge in [-0.15, -0.1) is 0 Å². The van der Waals surface area contributed by atoms with Gasteiger partial charge < -0.3 is 5.32 Å². The molecule has 1 aliphatic heterocycles. The van der Waals surface area contributed by atoms with E-state index in [0.717, 1.165) is 40.6 Å². The summed E-state index contributed by atoms with van der Waals surface area (Å²) < 4.78 is 1.45. The van der Waals surface area contributed by atoms with E-state index in [1.807, 2.05) is 18.2 Å². The fourth-order valence-electron chi connectivity index (χ4n) is 3.77. The van der Waals surface area contributed by atoms with E-state index in [4.69, 9.17) is 0 Å². The third-order valence-corrected chi connectivity index (χ3v) is 4.83. The van der Waals surface area contributed by atoms with E-state index in [1.54, 1.807) is 7.05 Å². The van der Waals surface area contributed by atoms with Gasteiger partial charge in [-0.25, -0.2) is 4.68 Å². The molecule has 4 nitrogen and oxygen atoms in total. The van der Waals surface area contributed by atoms with Crippen molar-refractivity contribution in [2.24, 2.45) is 7.05 Å². The number of nitrogens with zero attached hydrogens (tertiary/aromatic N) is 2. The Hall–Kier alpha value is -2.88. The first-order valence-electron chi connectivity index (χ1n) is 7.83. The molecule has 0 spiro atoms. The van der Waals surface area contributed by atoms with Crippen LogP contribution in [0.1, 0.15) is 23.2 Å². The number of anilines is 1. The molecule has 23 heavy (non-hydrogen) atoms. The summed E-state index contributed by atoms with van der Waals surface area (Å²) in [4.78, 5) is 12.4. The maximum atomic E-state index is 12.4. The highest BCUT2D eigenvalue weighted by Crippen LogP contribution is 2.42. The van der Waals surface area contributed by atoms with Gasteiger partial charge in [0.1, 0.15) is 5.69 Å². The molecule has 5 rings (SSSR count). The van der Waals surface area contributed by atoms with E-state index < -0.39 is 0 Å². The van der Waals surface area contributed by atoms with Gasteiger partial charge in [0.25, 0.3) is 5.56 Å². The topological polar surface area (TPSA) is 46.9 Å². The Balaban J connectivity index is 1.95. The molecule has 0 radical (unpaired) electrons. The van der Waals surface area contributed by atoms with Crippen LogP contribution in [0.5, 0.6) is 0 Å². The minimum atomic E-state index is -0.0551. The van der Waals surface area contributed by atoms with E-state index in [2.05, 4.69) is 34.7 Å². The number of rotatable bonds is 0. The molecule has 2 heterocycles. The Morgan fingerprint density at radius 2 is 1.96 bits per heavy atom. The molecule has 1 aromatic heterocycles. The van der Waals surface area contributed by atoms with Gasteiger partial charge in [-0.2, -0.15) is 5.10 Å². The summed E-state index contributed by atoms with van der Waals surface area (Å²) in [7, 11) is 1.72. The van der Waals surface area contributed by atoms with E-state index in [-0.39, 0.29) is 5.56 Å². The van der Waals surface area contributed by atoms with Crippen LogP contribution in [0.3, 0.4) is 0 Å². The number of hydrogen-bond donors (Lipinski definition) is 1. The second-order valence-electron chi connectivity index (χ2n) is 6.14. The zero-order valence-electron chi connectivity index (χ0n) is 12.8. The van der Waals surface area contributed by atoms with E-state index >= 15 is 0 Å². The van der Waals surface area contributed by atoms with Crippen LogP contribution in [0.4, 0.5) is 5.69 Å². The number of aryl methyl sites for hydroxylation is 2. The predicted octanol–water partition coefficient (Wildman–Crippen LogP) is 3.06. The van der Waals surface area contributed by atoms with Crippen LogP contribution in [0.25, 0.3) is 16.3 Å². The Morgan fingerprint density at radius 3 is 2.87 bits per heavy atom. The fourth-order valence-corrected chi connectivity index (χ4v) is 3.77. The molecule has 0 amide bonds. The molecular formula is C19H15N3O. The van der Waals surface area contributed by atoms with Gasteiger partial charge in [0.05, 0.1) is 5.39 Å². The lowest BCUT2D eigenvalue weighted by Crippen LogP contribution is -2.25. The second-order valence-corrected chi connectivity index (χ2v) is 6.14. The summed E-state index contributed by atoms with van der Waals surface area (Å²) in [6, 6.07) is 14.3. The van der Waals surface area contributed by atoms with Gasteiger partial charge in [-0.3, -0.25) is 4.79 Å². The molecule has 0 bridgehead atoms. The molecule has 0 atom stereocenters. The van der Waals surface area contributed by atoms with Crippen LogP contribution in [0.2, 0.25) is 0 Å². The maximum absolute atomic E-state index is 12.4. The third-order valence-electron chi connectivity index (χ3n) is 4.83. The van der Waals surface area contributed by atoms with Crippen molar-refractivity contribution in [3.63, 3.8) is 0 Å². The van der Waals surface area contributed by atoms with Gasteiger partial charge in [-0.05, 0) is 36.1 Å². The quantitative estimate of drug-likeness (QED) is 0.694. The molecule has 0 unspecified atom stereocenters. The van der Waals surface area contributed by atoms with Crippen LogP contribution < -0.4 is 10.9 Å². The summed E-state index contributed by atoms with van der Waals surface area (Å²) >= 11 is 0. The van der Waals surface area contributed by atoms with Gasteiger partial charge >= 0.3 is 0 Å². The van der Waals surface area contributed by atoms with Gasteiger partial charge in [0.2, 0.25) is 0 Å². The van der Waals surface area contributed by atoms with Gasteiger partial charge in [0, 0.05) is 29.4 Å². The van der Waals surface area contributed by atoms with Crippen molar-refractivity contribution in [1.29, 1.82) is 0 Å². The molecule has 112 valence electrons. The monoisotopic (exact) mass is 301 g/mol. The molecule has 2 aliphatic rings. The molecule has 4 heteroatoms. The van der Waals surface area contributed by atoms with Crippen molar-refractivity contribution in [3.8, 4) is 0 Å². The molecular weight excluding hydrogens is 286 g/mol. The third kappa shape index (κ3) is 1.60. The van der Waals surface area contributed by atoms with Gasteiger partial charge in [0.15, 0.2) is 0 Å². The summed E-state index contributed by atoms with van der Waals surface area (Å²) in [6.45, 7) is 0. The van der Waals surface area contributed by atoms with Crippen LogP contribution in [0.15, 0.2) is 53.0 Å². The van der Waals surface area contributed by atoms with Crippen LogP contribution in [0, 0.1) is 0 Å². The zero-order chi connectivity index (χ0) is 15.6. The van der Waals surface area contributed by atoms with Crippen molar-refractivity contribution >= 4 is 22.0 Å². The maximum Gasteiger partial charge on any atom is 0.274 e. The Bertz CT molecular complexity index is 1080. The lowest BCUT2D eigenvalue weighted by Gasteiger charge is -2.29. The standard InChI is InChI=1S/C19H15N3O/c1-22-19(23)13-7-4-8-14-17(13)18(21-22)16-12-6-3-2-5-11(12)9-10-15(16)20-14/h2-8,20H,9-10H2,1H3. The molecule has 0 saturated carbocycles. The Kier molecular flexibility index (Phi) is 2.37. The Labute approximate surface area is 133 Å². The molecule has 1 aliphatic carbocycles. The molecule has 0 saturated heterocycles. The zero-order valence-corrected chi connectivity index (χ0v) is 12.8. The molecule has 2 aromatic carbocycles. The van der Waals surface area contributed by atoms with Crippen molar-refractivity contribution in [1.82, 2.24) is 9.78 Å². The minimum Gasteiger partial charge on any atom is -0.358 e. The first-order valence-corrected chi connectivity index (χ1v) is 7.83. The van der Waals surface area contributed by atoms with Crippen molar-refractivity contribution < 1.29 is 0 Å². The Morgan fingerprint density at radius 1 is 1.09 bits per heavy atom. The lowest BCUT2D eigenvalue weighted by atomic mass is 9.83. The van der Waals surface area contributed by atoms with Crippen molar-refractivity contribution in [3.05, 3.63) is 75.3 Å². The number of allylic oxidation sites excluding steroid dienone is 1. The highest BCUT2D eigenvalue weighted by atomic mass is 16.1. The number of nitrogens with one attached hydrogen (secondary N) is 1. The highest BCUT2D eigenvalue weighted by Gasteiger charge is 2.28. The number of aromatic nitrogens is 2. The smallest absolute Gasteiger partial charge is 0.274 e. The average molecular weight is 301 g/mol. The number of benzene rings is 2. The van der Waals surface area contributed by atoms with Gasteiger partial charge in [-0.1, -0.05) is 30.3 Å². The van der Waals surface area contributed by atoms with Crippen LogP contribution >= 0.6 is 0 Å². The number of fused-ring (bicyclic) bond motifs is 3. The van der Waals surface area contributed by atoms with E-state index in [1.165, 1.54) is 21.5 Å². The predicted molar refractivity (Wildman–Crippen MR) is 91.4 cm³/mol. The summed E-state index contributed by atoms with van der Waals surface area (Å²) in [5.74, 6) is 0.